The lowest BCUT2D eigenvalue weighted by Crippen LogP contribution is -2.17. The van der Waals surface area contributed by atoms with Crippen molar-refractivity contribution in [2.24, 2.45) is 0 Å². The van der Waals surface area contributed by atoms with Gasteiger partial charge in [-0.15, -0.1) is 0 Å². The van der Waals surface area contributed by atoms with Crippen molar-refractivity contribution in [2.45, 2.75) is 105 Å². The van der Waals surface area contributed by atoms with Crippen LogP contribution in [0.3, 0.4) is 0 Å². The van der Waals surface area contributed by atoms with Crippen molar-refractivity contribution in [3.8, 4) is 11.1 Å². The molecular formula is C40H56P2. The third kappa shape index (κ3) is 8.67. The van der Waals surface area contributed by atoms with Crippen LogP contribution in [0.15, 0.2) is 72.8 Å². The number of rotatable bonds is 19. The molecule has 0 aromatic heterocycles. The second-order valence-electron chi connectivity index (χ2n) is 12.2. The van der Waals surface area contributed by atoms with Crippen LogP contribution < -0.4 is 10.6 Å². The smallest absolute Gasteiger partial charge is 0.00157 e. The van der Waals surface area contributed by atoms with Crippen molar-refractivity contribution in [1.82, 2.24) is 0 Å². The molecular weight excluding hydrogens is 542 g/mol. The van der Waals surface area contributed by atoms with E-state index in [1.807, 2.05) is 0 Å². The van der Waals surface area contributed by atoms with Crippen LogP contribution in [0.25, 0.3) is 32.7 Å². The molecule has 0 atom stereocenters. The first-order valence-corrected chi connectivity index (χ1v) is 20.7. The fourth-order valence-electron chi connectivity index (χ4n) is 6.49. The number of hydrogen-bond donors (Lipinski definition) is 0. The molecule has 0 saturated carbocycles. The zero-order valence-corrected chi connectivity index (χ0v) is 28.9. The summed E-state index contributed by atoms with van der Waals surface area (Å²) in [5.41, 5.74) is 3.19. The fraction of sp³-hybridized carbons (Fsp3) is 0.500. The van der Waals surface area contributed by atoms with Gasteiger partial charge in [-0.25, -0.2) is 0 Å². The highest BCUT2D eigenvalue weighted by Crippen LogP contribution is 2.48. The van der Waals surface area contributed by atoms with Gasteiger partial charge in [-0.05, 0) is 93.6 Å². The van der Waals surface area contributed by atoms with E-state index in [1.165, 1.54) is 123 Å². The molecule has 0 spiro atoms. The molecule has 0 radical (unpaired) electrons. The predicted molar refractivity (Wildman–Crippen MR) is 198 cm³/mol. The van der Waals surface area contributed by atoms with E-state index in [1.54, 1.807) is 21.7 Å². The largest absolute Gasteiger partial charge is 0.0746 e. The van der Waals surface area contributed by atoms with Gasteiger partial charge in [0.2, 0.25) is 0 Å². The average Bonchev–Trinajstić information content (AvgIpc) is 3.03. The Labute approximate surface area is 260 Å². The van der Waals surface area contributed by atoms with Crippen LogP contribution in [0.5, 0.6) is 0 Å². The van der Waals surface area contributed by atoms with E-state index in [9.17, 15) is 0 Å². The Morgan fingerprint density at radius 3 is 1.05 bits per heavy atom. The van der Waals surface area contributed by atoms with Crippen LogP contribution in [0, 0.1) is 0 Å². The Kier molecular flexibility index (Phi) is 14.3. The SMILES string of the molecule is CCCCCP(CCCCC)c1ccc2ccccc2c1-c1c(P(CCCCC)CCCCC)ccc2ccccc12. The highest BCUT2D eigenvalue weighted by atomic mass is 31.1. The molecule has 226 valence electrons. The topological polar surface area (TPSA) is 0 Å². The molecule has 42 heavy (non-hydrogen) atoms. The first-order valence-electron chi connectivity index (χ1n) is 17.3. The van der Waals surface area contributed by atoms with Gasteiger partial charge in [0, 0.05) is 0 Å². The molecule has 0 aliphatic heterocycles. The van der Waals surface area contributed by atoms with Crippen molar-refractivity contribution < 1.29 is 0 Å². The van der Waals surface area contributed by atoms with Crippen molar-refractivity contribution in [3.05, 3.63) is 72.8 Å². The van der Waals surface area contributed by atoms with E-state index in [0.717, 1.165) is 0 Å². The first-order chi connectivity index (χ1) is 20.7. The fourth-order valence-corrected chi connectivity index (χ4v) is 12.0. The molecule has 0 N–H and O–H groups in total. The van der Waals surface area contributed by atoms with Gasteiger partial charge in [0.15, 0.2) is 0 Å². The second kappa shape index (κ2) is 18.2. The van der Waals surface area contributed by atoms with Crippen LogP contribution >= 0.6 is 15.8 Å². The minimum absolute atomic E-state index is 0.204. The van der Waals surface area contributed by atoms with E-state index < -0.39 is 0 Å². The van der Waals surface area contributed by atoms with E-state index in [2.05, 4.69) is 100 Å². The summed E-state index contributed by atoms with van der Waals surface area (Å²) in [6.45, 7) is 9.40. The third-order valence-corrected chi connectivity index (χ3v) is 14.4. The highest BCUT2D eigenvalue weighted by molar-refractivity contribution is 7.66. The molecule has 0 aliphatic carbocycles. The molecule has 0 bridgehead atoms. The molecule has 4 aromatic carbocycles. The van der Waals surface area contributed by atoms with Crippen LogP contribution in [0.1, 0.15) is 105 Å². The number of hydrogen-bond acceptors (Lipinski definition) is 0. The van der Waals surface area contributed by atoms with Crippen molar-refractivity contribution in [3.63, 3.8) is 0 Å². The third-order valence-electron chi connectivity index (χ3n) is 8.87. The molecule has 0 nitrogen and oxygen atoms in total. The van der Waals surface area contributed by atoms with Crippen LogP contribution in [0.4, 0.5) is 0 Å². The Balaban J connectivity index is 1.98. The molecule has 4 rings (SSSR count). The van der Waals surface area contributed by atoms with Gasteiger partial charge >= 0.3 is 0 Å². The van der Waals surface area contributed by atoms with Crippen LogP contribution in [-0.4, -0.2) is 24.6 Å². The summed E-state index contributed by atoms with van der Waals surface area (Å²) in [5.74, 6) is 0. The van der Waals surface area contributed by atoms with Crippen LogP contribution in [-0.2, 0) is 0 Å². The Hall–Kier alpha value is -1.74. The molecule has 0 aliphatic rings. The van der Waals surface area contributed by atoms with Crippen molar-refractivity contribution in [1.29, 1.82) is 0 Å². The molecule has 4 aromatic rings. The van der Waals surface area contributed by atoms with E-state index in [-0.39, 0.29) is 15.8 Å². The minimum atomic E-state index is -0.204. The Morgan fingerprint density at radius 1 is 0.381 bits per heavy atom. The van der Waals surface area contributed by atoms with Gasteiger partial charge in [-0.1, -0.05) is 168 Å². The number of benzene rings is 4. The van der Waals surface area contributed by atoms with Gasteiger partial charge in [-0.2, -0.15) is 0 Å². The van der Waals surface area contributed by atoms with Crippen molar-refractivity contribution in [2.75, 3.05) is 24.6 Å². The Bertz CT molecular complexity index is 1230. The standard InChI is InChI=1S/C40H56P2/c1-5-9-17-29-41(30-18-10-6-2)37-27-25-33-21-13-15-23-35(33)39(37)40-36-24-16-14-22-34(36)26-28-38(40)42(31-19-11-7-3)32-20-12-8-4/h13-16,21-28H,5-12,17-20,29-32H2,1-4H3. The lowest BCUT2D eigenvalue weighted by molar-refractivity contribution is 0.763. The summed E-state index contributed by atoms with van der Waals surface area (Å²) in [7, 11) is -0.407. The van der Waals surface area contributed by atoms with Crippen molar-refractivity contribution >= 4 is 48.0 Å². The molecule has 2 heteroatoms. The summed E-state index contributed by atoms with van der Waals surface area (Å²) in [6, 6.07) is 28.6. The quantitative estimate of drug-likeness (QED) is 0.0744. The normalized spacial score (nSPS) is 11.9. The lowest BCUT2D eigenvalue weighted by atomic mass is 9.93. The maximum absolute atomic E-state index is 2.57. The minimum Gasteiger partial charge on any atom is -0.0746 e. The second-order valence-corrected chi connectivity index (χ2v) is 17.1. The zero-order chi connectivity index (χ0) is 29.6. The molecule has 0 saturated heterocycles. The first kappa shape index (κ1) is 33.2. The molecule has 0 amide bonds. The summed E-state index contributed by atoms with van der Waals surface area (Å²) >= 11 is 0. The number of unbranched alkanes of at least 4 members (excludes halogenated alkanes) is 8. The number of fused-ring (bicyclic) bond motifs is 2. The molecule has 0 unspecified atom stereocenters. The van der Waals surface area contributed by atoms with Gasteiger partial charge in [-0.3, -0.25) is 0 Å². The summed E-state index contributed by atoms with van der Waals surface area (Å²) in [6.07, 6.45) is 21.6. The Morgan fingerprint density at radius 2 is 0.714 bits per heavy atom. The maximum atomic E-state index is 2.57. The lowest BCUT2D eigenvalue weighted by Gasteiger charge is -2.28. The highest BCUT2D eigenvalue weighted by Gasteiger charge is 2.24. The summed E-state index contributed by atoms with van der Waals surface area (Å²) in [4.78, 5) is 0. The molecule has 0 fully saturated rings. The summed E-state index contributed by atoms with van der Waals surface area (Å²) in [5, 5.41) is 9.12. The maximum Gasteiger partial charge on any atom is -0.00157 e. The van der Waals surface area contributed by atoms with Gasteiger partial charge < -0.3 is 0 Å². The van der Waals surface area contributed by atoms with Gasteiger partial charge in [0.1, 0.15) is 0 Å². The predicted octanol–water partition coefficient (Wildman–Crippen LogP) is 12.6. The van der Waals surface area contributed by atoms with Gasteiger partial charge in [0.25, 0.3) is 0 Å². The van der Waals surface area contributed by atoms with Gasteiger partial charge in [0.05, 0.1) is 0 Å². The average molecular weight is 599 g/mol. The molecule has 0 heterocycles. The zero-order valence-electron chi connectivity index (χ0n) is 27.1. The monoisotopic (exact) mass is 598 g/mol. The summed E-state index contributed by atoms with van der Waals surface area (Å²) < 4.78 is 0. The van der Waals surface area contributed by atoms with E-state index >= 15 is 0 Å². The van der Waals surface area contributed by atoms with E-state index in [4.69, 9.17) is 0 Å². The van der Waals surface area contributed by atoms with Crippen LogP contribution in [0.2, 0.25) is 0 Å². The van der Waals surface area contributed by atoms with E-state index in [0.29, 0.717) is 0 Å².